The van der Waals surface area contributed by atoms with Crippen molar-refractivity contribution in [1.29, 1.82) is 0 Å². The predicted octanol–water partition coefficient (Wildman–Crippen LogP) is 3.02. The normalized spacial score (nSPS) is 13.7. The summed E-state index contributed by atoms with van der Waals surface area (Å²) < 4.78 is 5.44. The zero-order valence-electron chi connectivity index (χ0n) is 12.3. The summed E-state index contributed by atoms with van der Waals surface area (Å²) in [7, 11) is 0. The molecule has 2 heterocycles. The third-order valence-corrected chi connectivity index (χ3v) is 4.50. The standard InChI is InChI=1S/C15H17N3O2S/c1-15(2,3)13-17-18-14(21-13)16-12(19)10-4-5-11-9(8-10)6-7-20-11/h4-5,8H,6-7H2,1-3H3,(H,16,18,19). The van der Waals surface area contributed by atoms with Gasteiger partial charge in [0.2, 0.25) is 5.13 Å². The molecule has 3 rings (SSSR count). The van der Waals surface area contributed by atoms with Gasteiger partial charge in [0.25, 0.3) is 5.91 Å². The van der Waals surface area contributed by atoms with Crippen molar-refractivity contribution in [3.05, 3.63) is 34.3 Å². The van der Waals surface area contributed by atoms with E-state index >= 15 is 0 Å². The quantitative estimate of drug-likeness (QED) is 0.926. The molecule has 0 bridgehead atoms. The van der Waals surface area contributed by atoms with E-state index in [9.17, 15) is 4.79 Å². The summed E-state index contributed by atoms with van der Waals surface area (Å²) in [6, 6.07) is 5.49. The van der Waals surface area contributed by atoms with Gasteiger partial charge in [-0.15, -0.1) is 10.2 Å². The van der Waals surface area contributed by atoms with Gasteiger partial charge < -0.3 is 4.74 Å². The van der Waals surface area contributed by atoms with Crippen LogP contribution >= 0.6 is 11.3 Å². The van der Waals surface area contributed by atoms with Crippen molar-refractivity contribution in [1.82, 2.24) is 10.2 Å². The zero-order chi connectivity index (χ0) is 15.0. The Bertz CT molecular complexity index is 688. The number of ether oxygens (including phenoxy) is 1. The molecule has 0 aliphatic carbocycles. The highest BCUT2D eigenvalue weighted by Crippen LogP contribution is 2.29. The van der Waals surface area contributed by atoms with Gasteiger partial charge in [-0.25, -0.2) is 0 Å². The van der Waals surface area contributed by atoms with Crippen LogP contribution in [-0.4, -0.2) is 22.7 Å². The minimum Gasteiger partial charge on any atom is -0.493 e. The molecule has 1 amide bonds. The maximum atomic E-state index is 12.3. The van der Waals surface area contributed by atoms with Crippen LogP contribution in [-0.2, 0) is 11.8 Å². The molecule has 1 aliphatic rings. The van der Waals surface area contributed by atoms with Crippen molar-refractivity contribution in [2.75, 3.05) is 11.9 Å². The van der Waals surface area contributed by atoms with Crippen LogP contribution in [0, 0.1) is 0 Å². The second-order valence-electron chi connectivity index (χ2n) is 6.04. The van der Waals surface area contributed by atoms with Crippen LogP contribution in [0.3, 0.4) is 0 Å². The molecule has 1 aliphatic heterocycles. The van der Waals surface area contributed by atoms with Crippen LogP contribution in [0.5, 0.6) is 5.75 Å². The monoisotopic (exact) mass is 303 g/mol. The topological polar surface area (TPSA) is 64.1 Å². The number of benzene rings is 1. The van der Waals surface area contributed by atoms with Crippen molar-refractivity contribution in [3.8, 4) is 5.75 Å². The number of hydrogen-bond donors (Lipinski definition) is 1. The van der Waals surface area contributed by atoms with E-state index < -0.39 is 0 Å². The van der Waals surface area contributed by atoms with E-state index in [2.05, 4.69) is 36.3 Å². The average molecular weight is 303 g/mol. The molecule has 1 N–H and O–H groups in total. The van der Waals surface area contributed by atoms with Gasteiger partial charge in [-0.05, 0) is 23.8 Å². The summed E-state index contributed by atoms with van der Waals surface area (Å²) in [4.78, 5) is 12.3. The number of carbonyl (C=O) groups excluding carboxylic acids is 1. The molecule has 2 aromatic rings. The number of amides is 1. The lowest BCUT2D eigenvalue weighted by atomic mass is 9.98. The van der Waals surface area contributed by atoms with Crippen LogP contribution in [0.1, 0.15) is 41.7 Å². The number of carbonyl (C=O) groups is 1. The first-order valence-electron chi connectivity index (χ1n) is 6.84. The SMILES string of the molecule is CC(C)(C)c1nnc(NC(=O)c2ccc3c(c2)CCO3)s1. The molecular formula is C15H17N3O2S. The molecule has 5 nitrogen and oxygen atoms in total. The summed E-state index contributed by atoms with van der Waals surface area (Å²) in [5.41, 5.74) is 1.63. The first-order chi connectivity index (χ1) is 9.93. The Kier molecular flexibility index (Phi) is 3.41. The number of hydrogen-bond acceptors (Lipinski definition) is 5. The van der Waals surface area contributed by atoms with Gasteiger partial charge in [0.1, 0.15) is 10.8 Å². The lowest BCUT2D eigenvalue weighted by Gasteiger charge is -2.12. The molecule has 0 saturated heterocycles. The van der Waals surface area contributed by atoms with E-state index in [1.54, 1.807) is 6.07 Å². The van der Waals surface area contributed by atoms with Crippen molar-refractivity contribution in [2.45, 2.75) is 32.6 Å². The van der Waals surface area contributed by atoms with Crippen LogP contribution in [0.4, 0.5) is 5.13 Å². The van der Waals surface area contributed by atoms with Crippen molar-refractivity contribution in [2.24, 2.45) is 0 Å². The van der Waals surface area contributed by atoms with E-state index in [1.165, 1.54) is 11.3 Å². The maximum absolute atomic E-state index is 12.3. The second kappa shape index (κ2) is 5.11. The second-order valence-corrected chi connectivity index (χ2v) is 7.01. The van der Waals surface area contributed by atoms with Crippen LogP contribution in [0.25, 0.3) is 0 Å². The summed E-state index contributed by atoms with van der Waals surface area (Å²) in [5, 5.41) is 12.4. The number of rotatable bonds is 2. The minimum atomic E-state index is -0.165. The Labute approximate surface area is 127 Å². The highest BCUT2D eigenvalue weighted by atomic mass is 32.1. The Balaban J connectivity index is 1.76. The number of aromatic nitrogens is 2. The first kappa shape index (κ1) is 14.0. The van der Waals surface area contributed by atoms with Crippen molar-refractivity contribution >= 4 is 22.4 Å². The molecule has 0 radical (unpaired) electrons. The largest absolute Gasteiger partial charge is 0.493 e. The van der Waals surface area contributed by atoms with E-state index in [0.29, 0.717) is 17.3 Å². The number of nitrogens with zero attached hydrogens (tertiary/aromatic N) is 2. The van der Waals surface area contributed by atoms with E-state index in [-0.39, 0.29) is 11.3 Å². The van der Waals surface area contributed by atoms with Gasteiger partial charge >= 0.3 is 0 Å². The predicted molar refractivity (Wildman–Crippen MR) is 82.2 cm³/mol. The van der Waals surface area contributed by atoms with Gasteiger partial charge in [0.05, 0.1) is 6.61 Å². The van der Waals surface area contributed by atoms with Gasteiger partial charge in [0, 0.05) is 17.4 Å². The van der Waals surface area contributed by atoms with Crippen LogP contribution in [0.15, 0.2) is 18.2 Å². The average Bonchev–Trinajstić information content (AvgIpc) is 3.04. The molecule has 21 heavy (non-hydrogen) atoms. The van der Waals surface area contributed by atoms with Crippen LogP contribution in [0.2, 0.25) is 0 Å². The third kappa shape index (κ3) is 2.90. The van der Waals surface area contributed by atoms with Crippen LogP contribution < -0.4 is 10.1 Å². The van der Waals surface area contributed by atoms with Gasteiger partial charge in [-0.1, -0.05) is 32.1 Å². The van der Waals surface area contributed by atoms with E-state index in [4.69, 9.17) is 4.74 Å². The smallest absolute Gasteiger partial charge is 0.257 e. The lowest BCUT2D eigenvalue weighted by molar-refractivity contribution is 0.102. The maximum Gasteiger partial charge on any atom is 0.257 e. The Hall–Kier alpha value is -1.95. The molecule has 110 valence electrons. The fourth-order valence-electron chi connectivity index (χ4n) is 2.07. The molecule has 1 aromatic carbocycles. The first-order valence-corrected chi connectivity index (χ1v) is 7.66. The van der Waals surface area contributed by atoms with Gasteiger partial charge in [-0.2, -0.15) is 0 Å². The highest BCUT2D eigenvalue weighted by molar-refractivity contribution is 7.15. The fourth-order valence-corrected chi connectivity index (χ4v) is 2.87. The van der Waals surface area contributed by atoms with Gasteiger partial charge in [0.15, 0.2) is 0 Å². The fraction of sp³-hybridized carbons (Fsp3) is 0.400. The number of anilines is 1. The van der Waals surface area contributed by atoms with E-state index in [0.717, 1.165) is 22.7 Å². The minimum absolute atomic E-state index is 0.0639. The molecule has 1 aromatic heterocycles. The highest BCUT2D eigenvalue weighted by Gasteiger charge is 2.21. The summed E-state index contributed by atoms with van der Waals surface area (Å²) in [6.45, 7) is 6.89. The summed E-state index contributed by atoms with van der Waals surface area (Å²) >= 11 is 1.41. The lowest BCUT2D eigenvalue weighted by Crippen LogP contribution is -2.11. The zero-order valence-corrected chi connectivity index (χ0v) is 13.1. The molecule has 0 spiro atoms. The molecular weight excluding hydrogens is 286 g/mol. The molecule has 0 unspecified atom stereocenters. The van der Waals surface area contributed by atoms with Crippen molar-refractivity contribution < 1.29 is 9.53 Å². The summed E-state index contributed by atoms with van der Waals surface area (Å²) in [6.07, 6.45) is 0.851. The third-order valence-electron chi connectivity index (χ3n) is 3.24. The number of fused-ring (bicyclic) bond motifs is 1. The number of nitrogens with one attached hydrogen (secondary N) is 1. The molecule has 0 saturated carbocycles. The van der Waals surface area contributed by atoms with Gasteiger partial charge in [-0.3, -0.25) is 10.1 Å². The Morgan fingerprint density at radius 2 is 2.14 bits per heavy atom. The van der Waals surface area contributed by atoms with Crippen molar-refractivity contribution in [3.63, 3.8) is 0 Å². The van der Waals surface area contributed by atoms with E-state index in [1.807, 2.05) is 12.1 Å². The molecule has 6 heteroatoms. The summed E-state index contributed by atoms with van der Waals surface area (Å²) in [5.74, 6) is 0.707. The molecule has 0 fully saturated rings. The molecule has 0 atom stereocenters. The Morgan fingerprint density at radius 1 is 1.33 bits per heavy atom. The Morgan fingerprint density at radius 3 is 2.86 bits per heavy atom.